The molecule has 2 rings (SSSR count). The zero-order valence-corrected chi connectivity index (χ0v) is 12.1. The van der Waals surface area contributed by atoms with E-state index in [1.807, 2.05) is 6.07 Å². The first kappa shape index (κ1) is 14.9. The average Bonchev–Trinajstić information content (AvgIpc) is 2.46. The Morgan fingerprint density at radius 1 is 1.25 bits per heavy atom. The van der Waals surface area contributed by atoms with Crippen molar-refractivity contribution in [1.29, 1.82) is 0 Å². The summed E-state index contributed by atoms with van der Waals surface area (Å²) in [7, 11) is -3.46. The molecule has 0 spiro atoms. The van der Waals surface area contributed by atoms with E-state index in [4.69, 9.17) is 5.73 Å². The third-order valence-electron chi connectivity index (χ3n) is 3.10. The van der Waals surface area contributed by atoms with Crippen molar-refractivity contribution in [2.24, 2.45) is 5.73 Å². The summed E-state index contributed by atoms with van der Waals surface area (Å²) in [6.45, 7) is 1.45. The summed E-state index contributed by atoms with van der Waals surface area (Å²) in [5.74, 6) is 5.63. The van der Waals surface area contributed by atoms with E-state index in [0.717, 1.165) is 24.8 Å². The summed E-state index contributed by atoms with van der Waals surface area (Å²) >= 11 is 0. The van der Waals surface area contributed by atoms with Gasteiger partial charge in [-0.15, -0.1) is 0 Å². The van der Waals surface area contributed by atoms with Crippen LogP contribution in [0.25, 0.3) is 0 Å². The zero-order valence-electron chi connectivity index (χ0n) is 11.3. The monoisotopic (exact) mass is 293 g/mol. The number of piperidine rings is 1. The van der Waals surface area contributed by atoms with Gasteiger partial charge in [0.25, 0.3) is 0 Å². The van der Waals surface area contributed by atoms with Crippen molar-refractivity contribution in [3.05, 3.63) is 29.8 Å². The minimum atomic E-state index is -3.46. The molecule has 1 heterocycles. The molecule has 5 nitrogen and oxygen atoms in total. The molecule has 1 saturated heterocycles. The molecule has 0 saturated carbocycles. The van der Waals surface area contributed by atoms with Crippen LogP contribution in [0.3, 0.4) is 0 Å². The van der Waals surface area contributed by atoms with Gasteiger partial charge in [0.05, 0.1) is 12.2 Å². The van der Waals surface area contributed by atoms with Crippen LogP contribution < -0.4 is 10.5 Å². The first-order valence-electron chi connectivity index (χ1n) is 6.69. The van der Waals surface area contributed by atoms with Gasteiger partial charge in [0.2, 0.25) is 0 Å². The summed E-state index contributed by atoms with van der Waals surface area (Å²) in [4.78, 5) is 0. The normalized spacial score (nSPS) is 16.2. The maximum atomic E-state index is 12.2. The van der Waals surface area contributed by atoms with Crippen LogP contribution in [0.1, 0.15) is 24.8 Å². The fourth-order valence-corrected chi connectivity index (χ4v) is 3.43. The zero-order chi connectivity index (χ0) is 14.4. The fourth-order valence-electron chi connectivity index (χ4n) is 2.13. The van der Waals surface area contributed by atoms with Crippen LogP contribution >= 0.6 is 0 Å². The Morgan fingerprint density at radius 2 is 2.00 bits per heavy atom. The standard InChI is InChI=1S/C14H19N3O2S/c15-9-5-7-13-6-4-8-14(12-13)16-20(18,19)17-10-2-1-3-11-17/h4,6,8,12,16H,1-3,9-11,15H2. The summed E-state index contributed by atoms with van der Waals surface area (Å²) < 4.78 is 28.6. The second-order valence-corrected chi connectivity index (χ2v) is 6.32. The van der Waals surface area contributed by atoms with Crippen molar-refractivity contribution in [2.75, 3.05) is 24.4 Å². The molecule has 0 bridgehead atoms. The first-order chi connectivity index (χ1) is 9.62. The fraction of sp³-hybridized carbons (Fsp3) is 0.429. The summed E-state index contributed by atoms with van der Waals surface area (Å²) in [5, 5.41) is 0. The van der Waals surface area contributed by atoms with E-state index < -0.39 is 10.2 Å². The molecule has 1 aliphatic rings. The second-order valence-electron chi connectivity index (χ2n) is 4.65. The number of benzene rings is 1. The van der Waals surface area contributed by atoms with Crippen LogP contribution in [0.15, 0.2) is 24.3 Å². The highest BCUT2D eigenvalue weighted by Gasteiger charge is 2.23. The van der Waals surface area contributed by atoms with Crippen molar-refractivity contribution >= 4 is 15.9 Å². The van der Waals surface area contributed by atoms with E-state index in [9.17, 15) is 8.42 Å². The summed E-state index contributed by atoms with van der Waals surface area (Å²) in [6.07, 6.45) is 2.93. The molecule has 0 aliphatic carbocycles. The van der Waals surface area contributed by atoms with Gasteiger partial charge >= 0.3 is 10.2 Å². The van der Waals surface area contributed by atoms with Crippen molar-refractivity contribution in [3.63, 3.8) is 0 Å². The van der Waals surface area contributed by atoms with Crippen LogP contribution in [0, 0.1) is 11.8 Å². The number of anilines is 1. The van der Waals surface area contributed by atoms with Gasteiger partial charge in [-0.2, -0.15) is 12.7 Å². The highest BCUT2D eigenvalue weighted by molar-refractivity contribution is 7.90. The average molecular weight is 293 g/mol. The Hall–Kier alpha value is -1.55. The molecule has 1 aromatic carbocycles. The Bertz CT molecular complexity index is 611. The molecular formula is C14H19N3O2S. The Morgan fingerprint density at radius 3 is 2.70 bits per heavy atom. The van der Waals surface area contributed by atoms with Gasteiger partial charge in [0.15, 0.2) is 0 Å². The minimum Gasteiger partial charge on any atom is -0.320 e. The number of hydrogen-bond donors (Lipinski definition) is 2. The quantitative estimate of drug-likeness (QED) is 0.821. The van der Waals surface area contributed by atoms with Crippen molar-refractivity contribution in [1.82, 2.24) is 4.31 Å². The van der Waals surface area contributed by atoms with Crippen LogP contribution in [-0.4, -0.2) is 32.4 Å². The van der Waals surface area contributed by atoms with Crippen molar-refractivity contribution < 1.29 is 8.42 Å². The lowest BCUT2D eigenvalue weighted by Crippen LogP contribution is -2.39. The predicted molar refractivity (Wildman–Crippen MR) is 80.3 cm³/mol. The number of hydrogen-bond acceptors (Lipinski definition) is 3. The van der Waals surface area contributed by atoms with E-state index in [1.165, 1.54) is 4.31 Å². The number of nitrogens with two attached hydrogens (primary N) is 1. The van der Waals surface area contributed by atoms with Gasteiger partial charge in [-0.25, -0.2) is 0 Å². The largest absolute Gasteiger partial charge is 0.320 e. The molecule has 0 aromatic heterocycles. The molecule has 0 atom stereocenters. The van der Waals surface area contributed by atoms with Gasteiger partial charge in [-0.1, -0.05) is 24.3 Å². The molecule has 1 aromatic rings. The van der Waals surface area contributed by atoms with E-state index in [1.54, 1.807) is 18.2 Å². The molecule has 3 N–H and O–H groups in total. The molecule has 0 unspecified atom stereocenters. The van der Waals surface area contributed by atoms with Crippen molar-refractivity contribution in [3.8, 4) is 11.8 Å². The maximum absolute atomic E-state index is 12.2. The number of rotatable bonds is 3. The maximum Gasteiger partial charge on any atom is 0.301 e. The molecule has 108 valence electrons. The van der Waals surface area contributed by atoms with Gasteiger partial charge in [0, 0.05) is 18.7 Å². The smallest absolute Gasteiger partial charge is 0.301 e. The molecule has 0 amide bonds. The molecular weight excluding hydrogens is 274 g/mol. The van der Waals surface area contributed by atoms with Crippen molar-refractivity contribution in [2.45, 2.75) is 19.3 Å². The number of nitrogens with zero attached hydrogens (tertiary/aromatic N) is 1. The van der Waals surface area contributed by atoms with Gasteiger partial charge in [-0.05, 0) is 31.0 Å². The van der Waals surface area contributed by atoms with E-state index in [0.29, 0.717) is 18.8 Å². The lowest BCUT2D eigenvalue weighted by Gasteiger charge is -2.26. The van der Waals surface area contributed by atoms with E-state index >= 15 is 0 Å². The molecule has 6 heteroatoms. The number of nitrogens with one attached hydrogen (secondary N) is 1. The van der Waals surface area contributed by atoms with Crippen LogP contribution in [0.5, 0.6) is 0 Å². The predicted octanol–water partition coefficient (Wildman–Crippen LogP) is 1.14. The van der Waals surface area contributed by atoms with Crippen LogP contribution in [0.4, 0.5) is 5.69 Å². The molecule has 1 aliphatic heterocycles. The third-order valence-corrected chi connectivity index (χ3v) is 4.64. The highest BCUT2D eigenvalue weighted by atomic mass is 32.2. The lowest BCUT2D eigenvalue weighted by molar-refractivity contribution is 0.349. The van der Waals surface area contributed by atoms with Crippen LogP contribution in [-0.2, 0) is 10.2 Å². The molecule has 1 fully saturated rings. The lowest BCUT2D eigenvalue weighted by atomic mass is 10.2. The highest BCUT2D eigenvalue weighted by Crippen LogP contribution is 2.17. The van der Waals surface area contributed by atoms with Gasteiger partial charge in [-0.3, -0.25) is 4.72 Å². The molecule has 20 heavy (non-hydrogen) atoms. The topological polar surface area (TPSA) is 75.4 Å². The van der Waals surface area contributed by atoms with Crippen LogP contribution in [0.2, 0.25) is 0 Å². The Labute approximate surface area is 120 Å². The summed E-state index contributed by atoms with van der Waals surface area (Å²) in [6, 6.07) is 7.02. The molecule has 0 radical (unpaired) electrons. The Balaban J connectivity index is 2.12. The third kappa shape index (κ3) is 3.97. The van der Waals surface area contributed by atoms with E-state index in [-0.39, 0.29) is 6.54 Å². The van der Waals surface area contributed by atoms with Gasteiger partial charge < -0.3 is 5.73 Å². The Kier molecular flexibility index (Phi) is 5.01. The van der Waals surface area contributed by atoms with Gasteiger partial charge in [0.1, 0.15) is 0 Å². The summed E-state index contributed by atoms with van der Waals surface area (Å²) in [5.41, 5.74) is 6.59. The SMILES string of the molecule is NCC#Cc1cccc(NS(=O)(=O)N2CCCCC2)c1. The second kappa shape index (κ2) is 6.75. The first-order valence-corrected chi connectivity index (χ1v) is 8.13. The minimum absolute atomic E-state index is 0.281. The van der Waals surface area contributed by atoms with E-state index in [2.05, 4.69) is 16.6 Å².